The van der Waals surface area contributed by atoms with E-state index in [1.54, 1.807) is 0 Å². The second-order valence-corrected chi connectivity index (χ2v) is 8.92. The van der Waals surface area contributed by atoms with Crippen LogP contribution in [0.25, 0.3) is 0 Å². The lowest BCUT2D eigenvalue weighted by atomic mass is 9.76. The summed E-state index contributed by atoms with van der Waals surface area (Å²) in [4.78, 5) is 12.2. The molecule has 1 N–H and O–H groups in total. The fraction of sp³-hybridized carbons (Fsp3) is 0.375. The molecular formula is C24H25NO3S. The van der Waals surface area contributed by atoms with Gasteiger partial charge < -0.3 is 14.8 Å². The van der Waals surface area contributed by atoms with Crippen LogP contribution in [-0.2, 0) is 4.74 Å². The Morgan fingerprint density at radius 1 is 1.21 bits per heavy atom. The van der Waals surface area contributed by atoms with Gasteiger partial charge in [0.2, 0.25) is 0 Å². The van der Waals surface area contributed by atoms with Crippen molar-refractivity contribution in [1.82, 2.24) is 0 Å². The highest BCUT2D eigenvalue weighted by Gasteiger charge is 2.38. The molecule has 0 aromatic heterocycles. The fourth-order valence-corrected chi connectivity index (χ4v) is 5.09. The number of hydrogen-bond donors (Lipinski definition) is 1. The van der Waals surface area contributed by atoms with E-state index in [0.29, 0.717) is 30.1 Å². The quantitative estimate of drug-likeness (QED) is 0.546. The second kappa shape index (κ2) is 7.79. The van der Waals surface area contributed by atoms with E-state index in [2.05, 4.69) is 41.7 Å². The van der Waals surface area contributed by atoms with Crippen molar-refractivity contribution in [1.29, 1.82) is 0 Å². The van der Waals surface area contributed by atoms with Crippen LogP contribution in [0.1, 0.15) is 46.8 Å². The fourth-order valence-electron chi connectivity index (χ4n) is 4.52. The number of ether oxygens (including phenoxy) is 2. The summed E-state index contributed by atoms with van der Waals surface area (Å²) in [6.45, 7) is 2.22. The minimum Gasteiger partial charge on any atom is -0.489 e. The number of anilines is 1. The number of esters is 1. The first-order valence-corrected chi connectivity index (χ1v) is 11.5. The summed E-state index contributed by atoms with van der Waals surface area (Å²) < 4.78 is 11.3. The van der Waals surface area contributed by atoms with Crippen LogP contribution in [0.4, 0.5) is 5.69 Å². The molecule has 2 aromatic carbocycles. The highest BCUT2D eigenvalue weighted by atomic mass is 32.2. The molecule has 2 aromatic rings. The molecule has 2 heterocycles. The number of thioether (sulfide) groups is 1. The minimum absolute atomic E-state index is 0.218. The minimum atomic E-state index is -0.255. The molecule has 4 nitrogen and oxygen atoms in total. The Kier molecular flexibility index (Phi) is 5.00. The third kappa shape index (κ3) is 3.52. The second-order valence-electron chi connectivity index (χ2n) is 7.85. The van der Waals surface area contributed by atoms with E-state index >= 15 is 0 Å². The number of hydrogen-bond acceptors (Lipinski definition) is 5. The molecule has 5 rings (SSSR count). The standard InChI is InChI=1S/C24H25NO3S/c1-2-27-24(26)16-9-10-22-21(12-16)19-7-4-8-20(19)23(25-22)15-5-3-6-17(11-15)28-18-13-29-14-18/h3-7,9-12,18-20,23,25H,2,8,13-14H2,1H3/t19-,20-,23-/m1/s1. The molecule has 0 bridgehead atoms. The van der Waals surface area contributed by atoms with Gasteiger partial charge in [0.25, 0.3) is 0 Å². The Morgan fingerprint density at radius 2 is 2.10 bits per heavy atom. The van der Waals surface area contributed by atoms with Crippen molar-refractivity contribution in [2.24, 2.45) is 5.92 Å². The Hall–Kier alpha value is -2.40. The van der Waals surface area contributed by atoms with Gasteiger partial charge in [0.15, 0.2) is 0 Å². The van der Waals surface area contributed by atoms with Crippen LogP contribution in [0.2, 0.25) is 0 Å². The zero-order valence-electron chi connectivity index (χ0n) is 16.5. The smallest absolute Gasteiger partial charge is 0.338 e. The molecule has 0 amide bonds. The molecule has 2 aliphatic heterocycles. The van der Waals surface area contributed by atoms with Crippen molar-refractivity contribution in [3.63, 3.8) is 0 Å². The molecular weight excluding hydrogens is 382 g/mol. The van der Waals surface area contributed by atoms with Crippen LogP contribution in [0, 0.1) is 5.92 Å². The SMILES string of the molecule is CCOC(=O)c1ccc2c(c1)[C@@H]1C=CC[C@H]1[C@@H](c1cccc(OC3CSC3)c1)N2. The Labute approximate surface area is 175 Å². The van der Waals surface area contributed by atoms with Crippen molar-refractivity contribution in [3.05, 3.63) is 71.3 Å². The van der Waals surface area contributed by atoms with Gasteiger partial charge in [0.1, 0.15) is 11.9 Å². The molecule has 0 spiro atoms. The third-order valence-electron chi connectivity index (χ3n) is 6.00. The van der Waals surface area contributed by atoms with Crippen LogP contribution < -0.4 is 10.1 Å². The first-order chi connectivity index (χ1) is 14.2. The van der Waals surface area contributed by atoms with E-state index < -0.39 is 0 Å². The van der Waals surface area contributed by atoms with Gasteiger partial charge in [-0.25, -0.2) is 4.79 Å². The molecule has 1 fully saturated rings. The van der Waals surface area contributed by atoms with E-state index in [9.17, 15) is 4.79 Å². The highest BCUT2D eigenvalue weighted by Crippen LogP contribution is 2.50. The van der Waals surface area contributed by atoms with E-state index in [1.807, 2.05) is 36.9 Å². The van der Waals surface area contributed by atoms with Gasteiger partial charge in [-0.15, -0.1) is 0 Å². The number of nitrogens with one attached hydrogen (secondary N) is 1. The maximum absolute atomic E-state index is 12.2. The van der Waals surface area contributed by atoms with Gasteiger partial charge >= 0.3 is 5.97 Å². The molecule has 1 saturated heterocycles. The van der Waals surface area contributed by atoms with E-state index in [4.69, 9.17) is 9.47 Å². The van der Waals surface area contributed by atoms with Gasteiger partial charge in [-0.2, -0.15) is 11.8 Å². The highest BCUT2D eigenvalue weighted by molar-refractivity contribution is 8.00. The summed E-state index contributed by atoms with van der Waals surface area (Å²) in [6.07, 6.45) is 5.92. The first-order valence-electron chi connectivity index (χ1n) is 10.3. The average Bonchev–Trinajstić information content (AvgIpc) is 3.20. The van der Waals surface area contributed by atoms with Crippen LogP contribution in [0.3, 0.4) is 0 Å². The lowest BCUT2D eigenvalue weighted by Crippen LogP contribution is -2.31. The van der Waals surface area contributed by atoms with E-state index in [-0.39, 0.29) is 12.0 Å². The molecule has 5 heteroatoms. The van der Waals surface area contributed by atoms with Crippen molar-refractivity contribution in [2.75, 3.05) is 23.4 Å². The molecule has 150 valence electrons. The molecule has 3 aliphatic rings. The zero-order valence-corrected chi connectivity index (χ0v) is 17.3. The van der Waals surface area contributed by atoms with Crippen molar-refractivity contribution in [2.45, 2.75) is 31.4 Å². The van der Waals surface area contributed by atoms with Crippen molar-refractivity contribution in [3.8, 4) is 5.75 Å². The van der Waals surface area contributed by atoms with Crippen molar-refractivity contribution >= 4 is 23.4 Å². The third-order valence-corrected chi connectivity index (χ3v) is 7.22. The number of rotatable bonds is 5. The van der Waals surface area contributed by atoms with E-state index in [0.717, 1.165) is 29.4 Å². The van der Waals surface area contributed by atoms with Crippen LogP contribution in [0.15, 0.2) is 54.6 Å². The average molecular weight is 408 g/mol. The van der Waals surface area contributed by atoms with Gasteiger partial charge in [0, 0.05) is 23.1 Å². The maximum Gasteiger partial charge on any atom is 0.338 e. The van der Waals surface area contributed by atoms with Gasteiger partial charge in [-0.3, -0.25) is 0 Å². The summed E-state index contributed by atoms with van der Waals surface area (Å²) in [5.41, 5.74) is 4.16. The Balaban J connectivity index is 1.44. The summed E-state index contributed by atoms with van der Waals surface area (Å²) in [5, 5.41) is 3.74. The maximum atomic E-state index is 12.2. The Bertz CT molecular complexity index is 953. The first kappa shape index (κ1) is 18.6. The summed E-state index contributed by atoms with van der Waals surface area (Å²) in [7, 11) is 0. The monoisotopic (exact) mass is 407 g/mol. The number of allylic oxidation sites excluding steroid dienone is 2. The number of fused-ring (bicyclic) bond motifs is 3. The summed E-state index contributed by atoms with van der Waals surface area (Å²) in [6, 6.07) is 14.6. The topological polar surface area (TPSA) is 47.6 Å². The normalized spacial score (nSPS) is 24.8. The largest absolute Gasteiger partial charge is 0.489 e. The lowest BCUT2D eigenvalue weighted by Gasteiger charge is -2.38. The molecule has 0 radical (unpaired) electrons. The predicted molar refractivity (Wildman–Crippen MR) is 117 cm³/mol. The number of carbonyl (C=O) groups excluding carboxylic acids is 1. The molecule has 0 unspecified atom stereocenters. The number of benzene rings is 2. The van der Waals surface area contributed by atoms with Crippen LogP contribution in [-0.4, -0.2) is 30.2 Å². The lowest BCUT2D eigenvalue weighted by molar-refractivity contribution is 0.0526. The molecule has 3 atom stereocenters. The Morgan fingerprint density at radius 3 is 2.90 bits per heavy atom. The van der Waals surface area contributed by atoms with E-state index in [1.165, 1.54) is 11.1 Å². The molecule has 29 heavy (non-hydrogen) atoms. The zero-order chi connectivity index (χ0) is 19.8. The molecule has 0 saturated carbocycles. The van der Waals surface area contributed by atoms with Crippen LogP contribution >= 0.6 is 11.8 Å². The van der Waals surface area contributed by atoms with Crippen LogP contribution in [0.5, 0.6) is 5.75 Å². The molecule has 1 aliphatic carbocycles. The van der Waals surface area contributed by atoms with Crippen molar-refractivity contribution < 1.29 is 14.3 Å². The van der Waals surface area contributed by atoms with Gasteiger partial charge in [-0.05, 0) is 60.7 Å². The number of carbonyl (C=O) groups is 1. The summed E-state index contributed by atoms with van der Waals surface area (Å²) >= 11 is 1.93. The predicted octanol–water partition coefficient (Wildman–Crippen LogP) is 5.18. The summed E-state index contributed by atoms with van der Waals surface area (Å²) in [5.74, 6) is 3.59. The van der Waals surface area contributed by atoms with Gasteiger partial charge in [0.05, 0.1) is 18.2 Å². The van der Waals surface area contributed by atoms with Gasteiger partial charge in [-0.1, -0.05) is 24.3 Å².